The maximum absolute atomic E-state index is 12.7. The SMILES string of the molecule is O=C(Nc1cc2ccccc2nc1Cl)c1ccc(N2CC3CCC(CC3)C2)cc1.O=C(Nc1cnc2ccccc2c1Cl)c1ccc(N2CCCCCC2)cc1. The van der Waals surface area contributed by atoms with Gasteiger partial charge in [0.2, 0.25) is 0 Å². The van der Waals surface area contributed by atoms with Crippen molar-refractivity contribution >= 4 is 79.6 Å². The molecule has 6 aromatic rings. The minimum absolute atomic E-state index is 0.175. The van der Waals surface area contributed by atoms with Crippen LogP contribution in [-0.4, -0.2) is 48.0 Å². The molecule has 56 heavy (non-hydrogen) atoms. The van der Waals surface area contributed by atoms with Crippen LogP contribution in [0.5, 0.6) is 0 Å². The molecule has 5 heterocycles. The predicted molar refractivity (Wildman–Crippen MR) is 231 cm³/mol. The Hall–Kier alpha value is -5.18. The number of aromatic nitrogens is 2. The summed E-state index contributed by atoms with van der Waals surface area (Å²) in [5.74, 6) is 1.28. The molecule has 0 atom stereocenters. The average Bonchev–Trinajstić information content (AvgIpc) is 3.72. The largest absolute Gasteiger partial charge is 0.372 e. The third kappa shape index (κ3) is 8.77. The van der Waals surface area contributed by atoms with Gasteiger partial charge in [-0.15, -0.1) is 0 Å². The molecule has 4 aromatic carbocycles. The summed E-state index contributed by atoms with van der Waals surface area (Å²) >= 11 is 12.7. The zero-order valence-electron chi connectivity index (χ0n) is 31.4. The quantitative estimate of drug-likeness (QED) is 0.163. The average molecular weight is 786 g/mol. The Labute approximate surface area is 338 Å². The molecule has 2 aromatic heterocycles. The van der Waals surface area contributed by atoms with Crippen LogP contribution in [0.25, 0.3) is 21.8 Å². The van der Waals surface area contributed by atoms with Crippen LogP contribution in [0.15, 0.2) is 109 Å². The second-order valence-corrected chi connectivity index (χ2v) is 16.0. The summed E-state index contributed by atoms with van der Waals surface area (Å²) in [4.78, 5) is 39.0. The third-order valence-electron chi connectivity index (χ3n) is 11.4. The molecule has 0 spiro atoms. The Morgan fingerprint density at radius 3 is 1.77 bits per heavy atom. The number of hydrogen-bond acceptors (Lipinski definition) is 6. The number of pyridine rings is 2. The maximum Gasteiger partial charge on any atom is 0.255 e. The third-order valence-corrected chi connectivity index (χ3v) is 12.1. The number of benzene rings is 4. The van der Waals surface area contributed by atoms with Gasteiger partial charge in [-0.2, -0.15) is 0 Å². The molecule has 2 amide bonds. The number of amides is 2. The molecule has 286 valence electrons. The minimum atomic E-state index is -0.184. The first kappa shape index (κ1) is 37.7. The number of para-hydroxylation sites is 2. The van der Waals surface area contributed by atoms with Crippen LogP contribution in [0, 0.1) is 11.8 Å². The number of anilines is 4. The molecule has 3 saturated heterocycles. The molecular weight excluding hydrogens is 739 g/mol. The van der Waals surface area contributed by atoms with Crippen molar-refractivity contribution in [1.29, 1.82) is 0 Å². The molecule has 4 fully saturated rings. The van der Waals surface area contributed by atoms with Crippen molar-refractivity contribution < 1.29 is 9.59 Å². The molecule has 1 aliphatic carbocycles. The number of nitrogens with zero attached hydrogens (tertiary/aromatic N) is 4. The van der Waals surface area contributed by atoms with E-state index in [0.717, 1.165) is 59.8 Å². The van der Waals surface area contributed by atoms with E-state index in [1.165, 1.54) is 62.7 Å². The Kier molecular flexibility index (Phi) is 11.7. The fourth-order valence-electron chi connectivity index (χ4n) is 8.25. The van der Waals surface area contributed by atoms with E-state index in [0.29, 0.717) is 32.7 Å². The normalized spacial score (nSPS) is 18.1. The first-order valence-corrected chi connectivity index (χ1v) is 20.5. The minimum Gasteiger partial charge on any atom is -0.372 e. The molecule has 1 saturated carbocycles. The van der Waals surface area contributed by atoms with Crippen molar-refractivity contribution in [2.45, 2.75) is 51.4 Å². The number of nitrogens with one attached hydrogen (secondary N) is 2. The van der Waals surface area contributed by atoms with Gasteiger partial charge in [0.25, 0.3) is 11.8 Å². The molecule has 3 aliphatic heterocycles. The van der Waals surface area contributed by atoms with E-state index in [9.17, 15) is 9.59 Å². The zero-order valence-corrected chi connectivity index (χ0v) is 32.9. The van der Waals surface area contributed by atoms with Gasteiger partial charge in [-0.05, 0) is 117 Å². The molecule has 10 rings (SSSR count). The summed E-state index contributed by atoms with van der Waals surface area (Å²) in [5, 5.41) is 8.36. The van der Waals surface area contributed by atoms with Gasteiger partial charge in [0.05, 0.1) is 33.6 Å². The summed E-state index contributed by atoms with van der Waals surface area (Å²) in [6.07, 6.45) is 12.1. The van der Waals surface area contributed by atoms with Crippen LogP contribution < -0.4 is 20.4 Å². The van der Waals surface area contributed by atoms with E-state index >= 15 is 0 Å². The topological polar surface area (TPSA) is 90.5 Å². The molecule has 2 bridgehead atoms. The van der Waals surface area contributed by atoms with Gasteiger partial charge in [0.15, 0.2) is 5.15 Å². The van der Waals surface area contributed by atoms with Gasteiger partial charge in [-0.3, -0.25) is 14.6 Å². The standard InChI is InChI=1S/C24H24ClN3O.C22H22ClN3O/c25-23-22(13-19-3-1-2-4-21(19)26-23)27-24(29)18-9-11-20(12-10-18)28-14-16-5-6-17(15-28)8-7-16;23-21-18-7-3-4-8-19(18)24-15-20(21)25-22(27)16-9-11-17(12-10-16)26-13-5-1-2-6-14-26/h1-4,9-13,16-17H,5-8,14-15H2,(H,27,29);3-4,7-12,15H,1-2,5-6,13-14H2,(H,25,27). The van der Waals surface area contributed by atoms with Gasteiger partial charge < -0.3 is 20.4 Å². The van der Waals surface area contributed by atoms with E-state index in [-0.39, 0.29) is 11.8 Å². The second-order valence-electron chi connectivity index (χ2n) is 15.2. The fourth-order valence-corrected chi connectivity index (χ4v) is 8.69. The molecule has 2 N–H and O–H groups in total. The van der Waals surface area contributed by atoms with E-state index in [4.69, 9.17) is 23.2 Å². The predicted octanol–water partition coefficient (Wildman–Crippen LogP) is 11.3. The van der Waals surface area contributed by atoms with Crippen molar-refractivity contribution in [2.75, 3.05) is 46.6 Å². The van der Waals surface area contributed by atoms with E-state index in [1.807, 2.05) is 91.0 Å². The highest BCUT2D eigenvalue weighted by Gasteiger charge is 2.29. The number of carbonyl (C=O) groups excluding carboxylic acids is 2. The Morgan fingerprint density at radius 2 is 1.14 bits per heavy atom. The van der Waals surface area contributed by atoms with Crippen LogP contribution in [-0.2, 0) is 0 Å². The van der Waals surface area contributed by atoms with Crippen LogP contribution in [0.4, 0.5) is 22.7 Å². The number of carbonyl (C=O) groups is 2. The van der Waals surface area contributed by atoms with E-state index in [2.05, 4.69) is 42.5 Å². The summed E-state index contributed by atoms with van der Waals surface area (Å²) in [6.45, 7) is 4.45. The van der Waals surface area contributed by atoms with Crippen molar-refractivity contribution in [3.05, 3.63) is 131 Å². The lowest BCUT2D eigenvalue weighted by molar-refractivity contribution is 0.101. The Morgan fingerprint density at radius 1 is 0.607 bits per heavy atom. The van der Waals surface area contributed by atoms with E-state index < -0.39 is 0 Å². The summed E-state index contributed by atoms with van der Waals surface area (Å²) in [7, 11) is 0. The van der Waals surface area contributed by atoms with Crippen LogP contribution >= 0.6 is 23.2 Å². The molecule has 0 radical (unpaired) electrons. The Bertz CT molecular complexity index is 2300. The van der Waals surface area contributed by atoms with Crippen molar-refractivity contribution in [3.8, 4) is 0 Å². The number of rotatable bonds is 6. The summed E-state index contributed by atoms with van der Waals surface area (Å²) < 4.78 is 0. The highest BCUT2D eigenvalue weighted by atomic mass is 35.5. The molecule has 10 heteroatoms. The van der Waals surface area contributed by atoms with Crippen molar-refractivity contribution in [1.82, 2.24) is 9.97 Å². The van der Waals surface area contributed by atoms with Gasteiger partial charge in [-0.25, -0.2) is 4.98 Å². The summed E-state index contributed by atoms with van der Waals surface area (Å²) in [5.41, 5.74) is 6.30. The van der Waals surface area contributed by atoms with Gasteiger partial charge in [0.1, 0.15) is 0 Å². The van der Waals surface area contributed by atoms with Crippen LogP contribution in [0.2, 0.25) is 10.2 Å². The van der Waals surface area contributed by atoms with Crippen molar-refractivity contribution in [3.63, 3.8) is 0 Å². The van der Waals surface area contributed by atoms with Crippen LogP contribution in [0.3, 0.4) is 0 Å². The lowest BCUT2D eigenvalue weighted by atomic mass is 9.84. The van der Waals surface area contributed by atoms with Crippen molar-refractivity contribution in [2.24, 2.45) is 11.8 Å². The lowest BCUT2D eigenvalue weighted by Gasteiger charge is -2.25. The number of fused-ring (bicyclic) bond motifs is 6. The highest BCUT2D eigenvalue weighted by molar-refractivity contribution is 6.38. The van der Waals surface area contributed by atoms with E-state index in [1.54, 1.807) is 6.20 Å². The Balaban J connectivity index is 0.000000158. The second kappa shape index (κ2) is 17.3. The molecule has 8 nitrogen and oxygen atoms in total. The fraction of sp³-hybridized carbons (Fsp3) is 0.304. The first-order valence-electron chi connectivity index (χ1n) is 19.8. The molecular formula is C46H46Cl2N6O2. The maximum atomic E-state index is 12.7. The zero-order chi connectivity index (χ0) is 38.4. The monoisotopic (exact) mass is 784 g/mol. The van der Waals surface area contributed by atoms with Crippen LogP contribution in [0.1, 0.15) is 72.1 Å². The van der Waals surface area contributed by atoms with Gasteiger partial charge in [0, 0.05) is 59.5 Å². The van der Waals surface area contributed by atoms with Gasteiger partial charge >= 0.3 is 0 Å². The highest BCUT2D eigenvalue weighted by Crippen LogP contribution is 2.36. The molecule has 0 unspecified atom stereocenters. The number of halogens is 2. The number of hydrogen-bond donors (Lipinski definition) is 2. The van der Waals surface area contributed by atoms with Gasteiger partial charge in [-0.1, -0.05) is 72.4 Å². The molecule has 4 aliphatic rings. The lowest BCUT2D eigenvalue weighted by Crippen LogP contribution is -2.28. The smallest absolute Gasteiger partial charge is 0.255 e. The first-order chi connectivity index (χ1) is 27.4. The summed E-state index contributed by atoms with van der Waals surface area (Å²) in [6, 6.07) is 32.9.